The molecule has 1 saturated heterocycles. The monoisotopic (exact) mass is 407 g/mol. The third kappa shape index (κ3) is 3.76. The number of nitrogens with zero attached hydrogens (tertiary/aromatic N) is 4. The number of benzene rings is 1. The van der Waals surface area contributed by atoms with Crippen molar-refractivity contribution in [2.75, 3.05) is 32.1 Å². The second kappa shape index (κ2) is 8.20. The molecule has 1 aliphatic rings. The van der Waals surface area contributed by atoms with Gasteiger partial charge >= 0.3 is 0 Å². The summed E-state index contributed by atoms with van der Waals surface area (Å²) in [5, 5.41) is 23.4. The van der Waals surface area contributed by atoms with Gasteiger partial charge in [-0.05, 0) is 50.6 Å². The number of phenols is 1. The molecule has 3 heterocycles. The standard InChI is InChI=1S/C22H25N5O3/c1-4-27-7-5-6-15(12-27)24-22-26-21-20(30-22)18(29-3)10-16(25-21)19-14(11-23)8-13(2)9-17(19)28/h8-10,15,28H,4-7,12H2,1-3H3,(H,24,25,26)/t15-/m1/s1. The molecule has 0 bridgehead atoms. The van der Waals surface area contributed by atoms with Gasteiger partial charge in [0.05, 0.1) is 30.0 Å². The van der Waals surface area contributed by atoms with Gasteiger partial charge in [-0.15, -0.1) is 0 Å². The van der Waals surface area contributed by atoms with E-state index < -0.39 is 0 Å². The number of nitriles is 1. The lowest BCUT2D eigenvalue weighted by molar-refractivity contribution is 0.225. The smallest absolute Gasteiger partial charge is 0.297 e. The van der Waals surface area contributed by atoms with Crippen LogP contribution in [-0.2, 0) is 0 Å². The van der Waals surface area contributed by atoms with Gasteiger partial charge in [0.1, 0.15) is 5.75 Å². The fourth-order valence-corrected chi connectivity index (χ4v) is 3.99. The summed E-state index contributed by atoms with van der Waals surface area (Å²) in [6.45, 7) is 7.05. The second-order valence-electron chi connectivity index (χ2n) is 7.58. The van der Waals surface area contributed by atoms with Crippen LogP contribution in [0.2, 0.25) is 0 Å². The Kier molecular flexibility index (Phi) is 5.46. The van der Waals surface area contributed by atoms with Crippen molar-refractivity contribution in [1.82, 2.24) is 14.9 Å². The lowest BCUT2D eigenvalue weighted by atomic mass is 10.0. The summed E-state index contributed by atoms with van der Waals surface area (Å²) in [7, 11) is 1.54. The Bertz CT molecular complexity index is 1120. The zero-order chi connectivity index (χ0) is 21.3. The van der Waals surface area contributed by atoms with Crippen LogP contribution in [-0.4, -0.2) is 52.8 Å². The van der Waals surface area contributed by atoms with E-state index in [0.29, 0.717) is 39.8 Å². The number of ether oxygens (including phenoxy) is 1. The number of phenolic OH excluding ortho intramolecular Hbond substituents is 1. The number of methoxy groups -OCH3 is 1. The number of nitrogens with one attached hydrogen (secondary N) is 1. The first-order valence-corrected chi connectivity index (χ1v) is 10.1. The second-order valence-corrected chi connectivity index (χ2v) is 7.58. The molecule has 0 spiro atoms. The summed E-state index contributed by atoms with van der Waals surface area (Å²) in [6, 6.07) is 7.75. The highest BCUT2D eigenvalue weighted by molar-refractivity contribution is 5.84. The van der Waals surface area contributed by atoms with Crippen LogP contribution in [0.4, 0.5) is 6.01 Å². The van der Waals surface area contributed by atoms with E-state index in [-0.39, 0.29) is 11.8 Å². The third-order valence-corrected chi connectivity index (χ3v) is 5.47. The Balaban J connectivity index is 1.73. The average Bonchev–Trinajstić information content (AvgIpc) is 3.14. The largest absolute Gasteiger partial charge is 0.507 e. The van der Waals surface area contributed by atoms with E-state index in [2.05, 4.69) is 33.2 Å². The number of pyridine rings is 1. The molecule has 156 valence electrons. The quantitative estimate of drug-likeness (QED) is 0.659. The van der Waals surface area contributed by atoms with Crippen LogP contribution in [0.3, 0.4) is 0 Å². The normalized spacial score (nSPS) is 17.1. The summed E-state index contributed by atoms with van der Waals surface area (Å²) >= 11 is 0. The number of aromatic nitrogens is 2. The third-order valence-electron chi connectivity index (χ3n) is 5.47. The topological polar surface area (TPSA) is 107 Å². The van der Waals surface area contributed by atoms with E-state index in [0.717, 1.165) is 38.0 Å². The maximum atomic E-state index is 10.5. The minimum absolute atomic E-state index is 0.0100. The lowest BCUT2D eigenvalue weighted by Gasteiger charge is -2.31. The fraction of sp³-hybridized carbons (Fsp3) is 0.409. The molecule has 1 fully saturated rings. The Hall–Kier alpha value is -3.31. The number of piperidine rings is 1. The van der Waals surface area contributed by atoms with Crippen LogP contribution in [0, 0.1) is 18.3 Å². The molecule has 8 nitrogen and oxygen atoms in total. The minimum Gasteiger partial charge on any atom is -0.507 e. The Morgan fingerprint density at radius 2 is 2.20 bits per heavy atom. The molecular formula is C22H25N5O3. The summed E-state index contributed by atoms with van der Waals surface area (Å²) in [6.07, 6.45) is 2.18. The van der Waals surface area contributed by atoms with Gasteiger partial charge in [-0.2, -0.15) is 10.2 Å². The minimum atomic E-state index is -0.0100. The van der Waals surface area contributed by atoms with Crippen molar-refractivity contribution in [2.45, 2.75) is 32.7 Å². The first-order valence-electron chi connectivity index (χ1n) is 10.1. The van der Waals surface area contributed by atoms with Gasteiger partial charge in [0, 0.05) is 18.7 Å². The number of likely N-dealkylation sites (N-methyl/N-ethyl adjacent to an activating group) is 1. The number of likely N-dealkylation sites (tertiary alicyclic amines) is 1. The molecule has 30 heavy (non-hydrogen) atoms. The molecule has 0 amide bonds. The van der Waals surface area contributed by atoms with Crippen molar-refractivity contribution in [3.05, 3.63) is 29.3 Å². The molecule has 8 heteroatoms. The molecular weight excluding hydrogens is 382 g/mol. The highest BCUT2D eigenvalue weighted by Crippen LogP contribution is 2.37. The molecule has 0 saturated carbocycles. The number of hydrogen-bond acceptors (Lipinski definition) is 8. The van der Waals surface area contributed by atoms with Gasteiger partial charge in [0.2, 0.25) is 11.2 Å². The van der Waals surface area contributed by atoms with Crippen molar-refractivity contribution >= 4 is 17.2 Å². The molecule has 4 rings (SSSR count). The van der Waals surface area contributed by atoms with Crippen molar-refractivity contribution in [2.24, 2.45) is 0 Å². The van der Waals surface area contributed by atoms with Crippen LogP contribution in [0.15, 0.2) is 22.6 Å². The van der Waals surface area contributed by atoms with E-state index in [4.69, 9.17) is 9.15 Å². The number of fused-ring (bicyclic) bond motifs is 1. The highest BCUT2D eigenvalue weighted by atomic mass is 16.5. The van der Waals surface area contributed by atoms with Crippen molar-refractivity contribution in [3.8, 4) is 28.8 Å². The average molecular weight is 407 g/mol. The molecule has 1 atom stereocenters. The molecule has 0 aliphatic carbocycles. The van der Waals surface area contributed by atoms with Gasteiger partial charge < -0.3 is 24.5 Å². The van der Waals surface area contributed by atoms with E-state index in [1.165, 1.54) is 7.11 Å². The van der Waals surface area contributed by atoms with Crippen LogP contribution in [0.1, 0.15) is 30.9 Å². The number of aryl methyl sites for hydroxylation is 1. The zero-order valence-electron chi connectivity index (χ0n) is 17.4. The van der Waals surface area contributed by atoms with E-state index in [1.807, 2.05) is 6.92 Å². The Morgan fingerprint density at radius 3 is 2.93 bits per heavy atom. The van der Waals surface area contributed by atoms with Gasteiger partial charge in [-0.1, -0.05) is 6.92 Å². The van der Waals surface area contributed by atoms with Gasteiger partial charge in [0.25, 0.3) is 6.01 Å². The van der Waals surface area contributed by atoms with E-state index in [1.54, 1.807) is 18.2 Å². The zero-order valence-corrected chi connectivity index (χ0v) is 17.4. The van der Waals surface area contributed by atoms with Crippen molar-refractivity contribution in [1.29, 1.82) is 5.26 Å². The van der Waals surface area contributed by atoms with Crippen LogP contribution < -0.4 is 10.1 Å². The number of anilines is 1. The highest BCUT2D eigenvalue weighted by Gasteiger charge is 2.23. The maximum absolute atomic E-state index is 10.5. The lowest BCUT2D eigenvalue weighted by Crippen LogP contribution is -2.41. The summed E-state index contributed by atoms with van der Waals surface area (Å²) in [5.41, 5.74) is 2.68. The summed E-state index contributed by atoms with van der Waals surface area (Å²) < 4.78 is 11.4. The Labute approximate surface area is 175 Å². The molecule has 1 aliphatic heterocycles. The molecule has 2 aromatic heterocycles. The molecule has 1 aromatic carbocycles. The van der Waals surface area contributed by atoms with Gasteiger partial charge in [0.15, 0.2) is 5.75 Å². The summed E-state index contributed by atoms with van der Waals surface area (Å²) in [5.74, 6) is 0.433. The molecule has 0 unspecified atom stereocenters. The Morgan fingerprint density at radius 1 is 1.37 bits per heavy atom. The van der Waals surface area contributed by atoms with Crippen molar-refractivity contribution in [3.63, 3.8) is 0 Å². The number of hydrogen-bond donors (Lipinski definition) is 2. The predicted octanol–water partition coefficient (Wildman–Crippen LogP) is 3.68. The number of rotatable bonds is 5. The predicted molar refractivity (Wildman–Crippen MR) is 114 cm³/mol. The SMILES string of the molecule is CCN1CCC[C@@H](Nc2nc3nc(-c4c(O)cc(C)cc4C#N)cc(OC)c3o2)C1. The first kappa shape index (κ1) is 20.0. The van der Waals surface area contributed by atoms with Crippen LogP contribution in [0.5, 0.6) is 11.5 Å². The van der Waals surface area contributed by atoms with Gasteiger partial charge in [-0.3, -0.25) is 0 Å². The van der Waals surface area contributed by atoms with Gasteiger partial charge in [-0.25, -0.2) is 4.98 Å². The first-order chi connectivity index (χ1) is 14.5. The van der Waals surface area contributed by atoms with E-state index >= 15 is 0 Å². The molecule has 0 radical (unpaired) electrons. The number of aromatic hydroxyl groups is 1. The maximum Gasteiger partial charge on any atom is 0.297 e. The number of oxazole rings is 1. The van der Waals surface area contributed by atoms with Crippen molar-refractivity contribution < 1.29 is 14.3 Å². The van der Waals surface area contributed by atoms with E-state index in [9.17, 15) is 10.4 Å². The van der Waals surface area contributed by atoms with Crippen LogP contribution >= 0.6 is 0 Å². The molecule has 2 N–H and O–H groups in total. The summed E-state index contributed by atoms with van der Waals surface area (Å²) in [4.78, 5) is 11.4. The fourth-order valence-electron chi connectivity index (χ4n) is 3.99. The van der Waals surface area contributed by atoms with Crippen LogP contribution in [0.25, 0.3) is 22.5 Å². The molecule has 3 aromatic rings.